The zero-order chi connectivity index (χ0) is 21.0. The highest BCUT2D eigenvalue weighted by atomic mass is 127. The van der Waals surface area contributed by atoms with Crippen LogP contribution in [0, 0.1) is 0 Å². The number of benzene rings is 2. The number of rotatable bonds is 10. The maximum atomic E-state index is 4.80. The van der Waals surface area contributed by atoms with Crippen LogP contribution in [-0.2, 0) is 25.9 Å². The average Bonchev–Trinajstić information content (AvgIpc) is 3.25. The molecule has 2 aromatic carbocycles. The molecule has 1 atom stereocenters. The van der Waals surface area contributed by atoms with Gasteiger partial charge in [-0.2, -0.15) is 0 Å². The lowest BCUT2D eigenvalue weighted by Crippen LogP contribution is -2.43. The Morgan fingerprint density at radius 1 is 1.03 bits per heavy atom. The molecule has 166 valence electrons. The summed E-state index contributed by atoms with van der Waals surface area (Å²) >= 11 is 0. The van der Waals surface area contributed by atoms with Crippen molar-refractivity contribution in [3.05, 3.63) is 83.9 Å². The topological polar surface area (TPSA) is 67.1 Å². The van der Waals surface area contributed by atoms with Crippen LogP contribution in [-0.4, -0.2) is 33.3 Å². The molecular formula is C24H33IN6. The van der Waals surface area contributed by atoms with Crippen LogP contribution in [0.15, 0.2) is 72.0 Å². The van der Waals surface area contributed by atoms with Gasteiger partial charge >= 0.3 is 0 Å². The van der Waals surface area contributed by atoms with Gasteiger partial charge in [-0.15, -0.1) is 34.2 Å². The molecule has 7 heteroatoms. The van der Waals surface area contributed by atoms with Gasteiger partial charge in [0.05, 0.1) is 6.54 Å². The Bertz CT molecular complexity index is 895. The van der Waals surface area contributed by atoms with Gasteiger partial charge < -0.3 is 15.2 Å². The molecule has 1 unspecified atom stereocenters. The van der Waals surface area contributed by atoms with Crippen LogP contribution in [0.1, 0.15) is 37.2 Å². The number of aliphatic imine (C=N–C) groups is 1. The summed E-state index contributed by atoms with van der Waals surface area (Å²) in [5.74, 6) is 1.84. The van der Waals surface area contributed by atoms with Crippen LogP contribution in [0.2, 0.25) is 0 Å². The van der Waals surface area contributed by atoms with Gasteiger partial charge in [0.15, 0.2) is 5.96 Å². The molecular weight excluding hydrogens is 499 g/mol. The summed E-state index contributed by atoms with van der Waals surface area (Å²) in [6.45, 7) is 6.51. The predicted octanol–water partition coefficient (Wildman–Crippen LogP) is 4.22. The number of aromatic nitrogens is 3. The quantitative estimate of drug-likeness (QED) is 0.233. The van der Waals surface area contributed by atoms with Crippen molar-refractivity contribution < 1.29 is 0 Å². The van der Waals surface area contributed by atoms with Gasteiger partial charge in [0.25, 0.3) is 0 Å². The molecule has 0 aliphatic carbocycles. The highest BCUT2D eigenvalue weighted by molar-refractivity contribution is 14.0. The highest BCUT2D eigenvalue weighted by Gasteiger charge is 2.07. The summed E-state index contributed by atoms with van der Waals surface area (Å²) in [5.41, 5.74) is 2.56. The van der Waals surface area contributed by atoms with Gasteiger partial charge in [-0.05, 0) is 30.9 Å². The van der Waals surface area contributed by atoms with Crippen LogP contribution in [0.25, 0.3) is 0 Å². The van der Waals surface area contributed by atoms with Crippen molar-refractivity contribution in [1.82, 2.24) is 25.4 Å². The van der Waals surface area contributed by atoms with E-state index in [1.54, 1.807) is 6.33 Å². The lowest BCUT2D eigenvalue weighted by atomic mass is 10.1. The van der Waals surface area contributed by atoms with Gasteiger partial charge in [-0.25, -0.2) is 4.99 Å². The summed E-state index contributed by atoms with van der Waals surface area (Å²) in [5, 5.41) is 15.2. The second-order valence-electron chi connectivity index (χ2n) is 7.44. The number of nitrogens with zero attached hydrogens (tertiary/aromatic N) is 4. The van der Waals surface area contributed by atoms with Crippen molar-refractivity contribution in [1.29, 1.82) is 0 Å². The maximum absolute atomic E-state index is 4.80. The zero-order valence-electron chi connectivity index (χ0n) is 18.4. The first kappa shape index (κ1) is 24.8. The van der Waals surface area contributed by atoms with E-state index in [-0.39, 0.29) is 24.0 Å². The summed E-state index contributed by atoms with van der Waals surface area (Å²) in [6, 6.07) is 21.2. The lowest BCUT2D eigenvalue weighted by Gasteiger charge is -2.19. The Labute approximate surface area is 202 Å². The second-order valence-corrected chi connectivity index (χ2v) is 7.44. The third-order valence-corrected chi connectivity index (χ3v) is 5.01. The molecule has 0 amide bonds. The van der Waals surface area contributed by atoms with Crippen molar-refractivity contribution in [2.45, 2.75) is 52.2 Å². The molecule has 3 aromatic rings. The monoisotopic (exact) mass is 532 g/mol. The molecule has 3 rings (SSSR count). The van der Waals surface area contributed by atoms with Gasteiger partial charge in [0.1, 0.15) is 12.2 Å². The van der Waals surface area contributed by atoms with Crippen molar-refractivity contribution in [3.8, 4) is 0 Å². The van der Waals surface area contributed by atoms with Crippen LogP contribution in [0.3, 0.4) is 0 Å². The summed E-state index contributed by atoms with van der Waals surface area (Å²) < 4.78 is 2.08. The standard InChI is InChI=1S/C24H32N6.HI/c1-3-23-29-27-19-30(23)17-16-25-24(26-18-22-12-8-5-9-13-22)28-20(2)14-15-21-10-6-4-7-11-21;/h4-13,19-20H,3,14-18H2,1-2H3,(H2,25,26,28);1H. The van der Waals surface area contributed by atoms with E-state index in [0.717, 1.165) is 44.1 Å². The first-order valence-corrected chi connectivity index (χ1v) is 10.7. The number of nitrogens with one attached hydrogen (secondary N) is 2. The van der Waals surface area contributed by atoms with Crippen molar-refractivity contribution >= 4 is 29.9 Å². The average molecular weight is 532 g/mol. The Morgan fingerprint density at radius 3 is 2.39 bits per heavy atom. The fraction of sp³-hybridized carbons (Fsp3) is 0.375. The van der Waals surface area contributed by atoms with E-state index in [1.165, 1.54) is 11.1 Å². The second kappa shape index (κ2) is 13.8. The van der Waals surface area contributed by atoms with E-state index in [2.05, 4.69) is 81.7 Å². The Kier molecular flexibility index (Phi) is 11.1. The Morgan fingerprint density at radius 2 is 1.71 bits per heavy atom. The van der Waals surface area contributed by atoms with Crippen LogP contribution in [0.5, 0.6) is 0 Å². The minimum atomic E-state index is 0. The first-order valence-electron chi connectivity index (χ1n) is 10.7. The molecule has 0 aliphatic heterocycles. The van der Waals surface area contributed by atoms with E-state index in [0.29, 0.717) is 12.6 Å². The van der Waals surface area contributed by atoms with Gasteiger partial charge in [-0.1, -0.05) is 67.6 Å². The number of aryl methyl sites for hydroxylation is 2. The molecule has 1 aromatic heterocycles. The normalized spacial score (nSPS) is 12.1. The molecule has 0 bridgehead atoms. The number of hydrogen-bond donors (Lipinski definition) is 2. The molecule has 1 heterocycles. The molecule has 0 aliphatic rings. The maximum Gasteiger partial charge on any atom is 0.191 e. The molecule has 0 saturated heterocycles. The smallest absolute Gasteiger partial charge is 0.191 e. The minimum Gasteiger partial charge on any atom is -0.355 e. The Balaban J connectivity index is 0.00000341. The molecule has 0 fully saturated rings. The van der Waals surface area contributed by atoms with Crippen LogP contribution < -0.4 is 10.6 Å². The van der Waals surface area contributed by atoms with E-state index in [4.69, 9.17) is 4.99 Å². The van der Waals surface area contributed by atoms with E-state index in [1.807, 2.05) is 18.2 Å². The third-order valence-electron chi connectivity index (χ3n) is 5.01. The van der Waals surface area contributed by atoms with Gasteiger partial charge in [0, 0.05) is 25.6 Å². The third kappa shape index (κ3) is 8.69. The van der Waals surface area contributed by atoms with Crippen molar-refractivity contribution in [2.75, 3.05) is 6.54 Å². The molecule has 6 nitrogen and oxygen atoms in total. The number of hydrogen-bond acceptors (Lipinski definition) is 3. The molecule has 31 heavy (non-hydrogen) atoms. The number of halogens is 1. The molecule has 2 N–H and O–H groups in total. The largest absolute Gasteiger partial charge is 0.355 e. The van der Waals surface area contributed by atoms with Crippen LogP contribution >= 0.6 is 24.0 Å². The van der Waals surface area contributed by atoms with Gasteiger partial charge in [-0.3, -0.25) is 0 Å². The van der Waals surface area contributed by atoms with Crippen molar-refractivity contribution in [3.63, 3.8) is 0 Å². The summed E-state index contributed by atoms with van der Waals surface area (Å²) in [4.78, 5) is 4.80. The Hall–Kier alpha value is -2.42. The fourth-order valence-corrected chi connectivity index (χ4v) is 3.27. The summed E-state index contributed by atoms with van der Waals surface area (Å²) in [7, 11) is 0. The predicted molar refractivity (Wildman–Crippen MR) is 138 cm³/mol. The SMILES string of the molecule is CCc1nncn1CCNC(=NCc1ccccc1)NC(C)CCc1ccccc1.I. The van der Waals surface area contributed by atoms with Crippen LogP contribution in [0.4, 0.5) is 0 Å². The highest BCUT2D eigenvalue weighted by Crippen LogP contribution is 2.05. The van der Waals surface area contributed by atoms with E-state index < -0.39 is 0 Å². The fourth-order valence-electron chi connectivity index (χ4n) is 3.27. The summed E-state index contributed by atoms with van der Waals surface area (Å²) in [6.07, 6.45) is 4.75. The van der Waals surface area contributed by atoms with E-state index in [9.17, 15) is 0 Å². The molecule has 0 saturated carbocycles. The molecule has 0 spiro atoms. The molecule has 0 radical (unpaired) electrons. The van der Waals surface area contributed by atoms with Crippen molar-refractivity contribution in [2.24, 2.45) is 4.99 Å². The first-order chi connectivity index (χ1) is 14.7. The lowest BCUT2D eigenvalue weighted by molar-refractivity contribution is 0.580. The number of guanidine groups is 1. The van der Waals surface area contributed by atoms with E-state index >= 15 is 0 Å². The van der Waals surface area contributed by atoms with Gasteiger partial charge in [0.2, 0.25) is 0 Å². The minimum absolute atomic E-state index is 0. The zero-order valence-corrected chi connectivity index (χ0v) is 20.7.